The average Bonchev–Trinajstić information content (AvgIpc) is 2.96. The zero-order chi connectivity index (χ0) is 12.7. The molecule has 5 nitrogen and oxygen atoms in total. The molecule has 18 heavy (non-hydrogen) atoms. The highest BCUT2D eigenvalue weighted by molar-refractivity contribution is 5.99. The van der Waals surface area contributed by atoms with Crippen LogP contribution in [-0.2, 0) is 0 Å². The lowest BCUT2D eigenvalue weighted by Gasteiger charge is -2.13. The molecule has 1 fully saturated rings. The molecule has 94 valence electrons. The fourth-order valence-corrected chi connectivity index (χ4v) is 2.51. The highest BCUT2D eigenvalue weighted by Crippen LogP contribution is 2.17. The van der Waals surface area contributed by atoms with E-state index in [-0.39, 0.29) is 5.91 Å². The van der Waals surface area contributed by atoms with Gasteiger partial charge >= 0.3 is 0 Å². The minimum absolute atomic E-state index is 0.0556. The predicted molar refractivity (Wildman–Crippen MR) is 67.6 cm³/mol. The Morgan fingerprint density at radius 3 is 2.72 bits per heavy atom. The summed E-state index contributed by atoms with van der Waals surface area (Å²) in [6.07, 6.45) is 3.82. The summed E-state index contributed by atoms with van der Waals surface area (Å²) in [5.41, 5.74) is 3.20. The molecule has 2 aromatic heterocycles. The van der Waals surface area contributed by atoms with Crippen molar-refractivity contribution in [1.82, 2.24) is 19.5 Å². The fraction of sp³-hybridized carbons (Fsp3) is 0.462. The minimum Gasteiger partial charge on any atom is -0.338 e. The number of carbonyl (C=O) groups excluding carboxylic acids is 1. The summed E-state index contributed by atoms with van der Waals surface area (Å²) in [5.74, 6) is 0.0556. The second-order valence-corrected chi connectivity index (χ2v) is 4.83. The van der Waals surface area contributed by atoms with Crippen molar-refractivity contribution >= 4 is 11.6 Å². The first-order valence-electron chi connectivity index (χ1n) is 6.28. The highest BCUT2D eigenvalue weighted by Gasteiger charge is 2.23. The predicted octanol–water partition coefficient (Wildman–Crippen LogP) is 1.58. The molecule has 0 aromatic carbocycles. The number of hydrogen-bond acceptors (Lipinski definition) is 3. The molecule has 1 saturated heterocycles. The number of amides is 1. The molecule has 1 aliphatic rings. The first-order valence-corrected chi connectivity index (χ1v) is 6.28. The monoisotopic (exact) mass is 244 g/mol. The molecule has 0 N–H and O–H groups in total. The molecule has 1 amide bonds. The van der Waals surface area contributed by atoms with Crippen LogP contribution in [0.4, 0.5) is 0 Å². The molecule has 0 aliphatic carbocycles. The van der Waals surface area contributed by atoms with Gasteiger partial charge in [-0.05, 0) is 32.8 Å². The van der Waals surface area contributed by atoms with Gasteiger partial charge in [0.2, 0.25) is 0 Å². The Morgan fingerprint density at radius 1 is 1.28 bits per heavy atom. The lowest BCUT2D eigenvalue weighted by atomic mass is 10.3. The van der Waals surface area contributed by atoms with E-state index in [9.17, 15) is 4.79 Å². The smallest absolute Gasteiger partial charge is 0.259 e. The Labute approximate surface area is 105 Å². The zero-order valence-electron chi connectivity index (χ0n) is 10.7. The number of aryl methyl sites for hydroxylation is 2. The van der Waals surface area contributed by atoms with Crippen molar-refractivity contribution in [2.75, 3.05) is 13.1 Å². The molecule has 0 atom stereocenters. The van der Waals surface area contributed by atoms with Crippen LogP contribution >= 0.6 is 0 Å². The van der Waals surface area contributed by atoms with Crippen molar-refractivity contribution in [1.29, 1.82) is 0 Å². The van der Waals surface area contributed by atoms with Gasteiger partial charge in [-0.1, -0.05) is 0 Å². The average molecular weight is 244 g/mol. The lowest BCUT2D eigenvalue weighted by molar-refractivity contribution is 0.0794. The molecule has 0 radical (unpaired) electrons. The Balaban J connectivity index is 2.09. The van der Waals surface area contributed by atoms with Gasteiger partial charge < -0.3 is 4.90 Å². The maximum atomic E-state index is 12.4. The van der Waals surface area contributed by atoms with Gasteiger partial charge in [-0.25, -0.2) is 9.50 Å². The van der Waals surface area contributed by atoms with Gasteiger partial charge in [0.25, 0.3) is 5.91 Å². The van der Waals surface area contributed by atoms with E-state index in [1.54, 1.807) is 10.7 Å². The summed E-state index contributed by atoms with van der Waals surface area (Å²) in [5, 5.41) is 4.26. The summed E-state index contributed by atoms with van der Waals surface area (Å²) in [7, 11) is 0. The number of nitrogens with zero attached hydrogens (tertiary/aromatic N) is 4. The minimum atomic E-state index is 0.0556. The summed E-state index contributed by atoms with van der Waals surface area (Å²) in [4.78, 5) is 18.7. The van der Waals surface area contributed by atoms with Crippen LogP contribution in [0.1, 0.15) is 34.6 Å². The van der Waals surface area contributed by atoms with Gasteiger partial charge in [0, 0.05) is 24.5 Å². The summed E-state index contributed by atoms with van der Waals surface area (Å²) < 4.78 is 1.73. The Morgan fingerprint density at radius 2 is 2.00 bits per heavy atom. The largest absolute Gasteiger partial charge is 0.338 e. The normalized spacial score (nSPS) is 15.6. The molecule has 2 aromatic rings. The zero-order valence-corrected chi connectivity index (χ0v) is 10.7. The van der Waals surface area contributed by atoms with Crippen molar-refractivity contribution in [3.05, 3.63) is 29.2 Å². The van der Waals surface area contributed by atoms with E-state index < -0.39 is 0 Å². The van der Waals surface area contributed by atoms with E-state index in [0.717, 1.165) is 37.3 Å². The topological polar surface area (TPSA) is 50.5 Å². The Bertz CT molecular complexity index is 611. The maximum absolute atomic E-state index is 12.4. The molecule has 0 bridgehead atoms. The van der Waals surface area contributed by atoms with Gasteiger partial charge in [-0.2, -0.15) is 5.10 Å². The van der Waals surface area contributed by atoms with Crippen molar-refractivity contribution < 1.29 is 4.79 Å². The SMILES string of the molecule is Cc1cc(C)n2ncc(C(=O)N3CCCC3)c2n1. The number of likely N-dealkylation sites (tertiary alicyclic amines) is 1. The molecule has 0 saturated carbocycles. The molecule has 1 aliphatic heterocycles. The van der Waals surface area contributed by atoms with Gasteiger partial charge in [-0.3, -0.25) is 4.79 Å². The number of hydrogen-bond donors (Lipinski definition) is 0. The summed E-state index contributed by atoms with van der Waals surface area (Å²) in [6.45, 7) is 5.60. The third-order valence-corrected chi connectivity index (χ3v) is 3.40. The van der Waals surface area contributed by atoms with Crippen LogP contribution in [0.5, 0.6) is 0 Å². The number of rotatable bonds is 1. The maximum Gasteiger partial charge on any atom is 0.259 e. The fourth-order valence-electron chi connectivity index (χ4n) is 2.51. The van der Waals surface area contributed by atoms with Gasteiger partial charge in [0.1, 0.15) is 5.56 Å². The van der Waals surface area contributed by atoms with Gasteiger partial charge in [0.05, 0.1) is 6.20 Å². The van der Waals surface area contributed by atoms with Crippen molar-refractivity contribution in [3.63, 3.8) is 0 Å². The highest BCUT2D eigenvalue weighted by atomic mass is 16.2. The molecule has 0 spiro atoms. The van der Waals surface area contributed by atoms with Crippen LogP contribution < -0.4 is 0 Å². The molecule has 5 heteroatoms. The van der Waals surface area contributed by atoms with Crippen LogP contribution in [0.15, 0.2) is 12.3 Å². The molecule has 3 rings (SSSR count). The molecule has 3 heterocycles. The number of fused-ring (bicyclic) bond motifs is 1. The number of carbonyl (C=O) groups is 1. The molecular weight excluding hydrogens is 228 g/mol. The Kier molecular flexibility index (Phi) is 2.54. The van der Waals surface area contributed by atoms with E-state index in [1.807, 2.05) is 24.8 Å². The van der Waals surface area contributed by atoms with E-state index in [1.165, 1.54) is 0 Å². The first kappa shape index (κ1) is 11.2. The second kappa shape index (κ2) is 4.08. The number of aromatic nitrogens is 3. The van der Waals surface area contributed by atoms with Crippen molar-refractivity contribution in [3.8, 4) is 0 Å². The van der Waals surface area contributed by atoms with Crippen LogP contribution in [-0.4, -0.2) is 38.5 Å². The lowest BCUT2D eigenvalue weighted by Crippen LogP contribution is -2.27. The third-order valence-electron chi connectivity index (χ3n) is 3.40. The first-order chi connectivity index (χ1) is 8.66. The van der Waals surface area contributed by atoms with Crippen LogP contribution in [0, 0.1) is 13.8 Å². The van der Waals surface area contributed by atoms with Crippen molar-refractivity contribution in [2.24, 2.45) is 0 Å². The van der Waals surface area contributed by atoms with Gasteiger partial charge in [-0.15, -0.1) is 0 Å². The summed E-state index contributed by atoms with van der Waals surface area (Å²) in [6, 6.07) is 1.96. The van der Waals surface area contributed by atoms with Gasteiger partial charge in [0.15, 0.2) is 5.65 Å². The summed E-state index contributed by atoms with van der Waals surface area (Å²) >= 11 is 0. The van der Waals surface area contributed by atoms with E-state index in [4.69, 9.17) is 0 Å². The third kappa shape index (κ3) is 1.66. The molecular formula is C13H16N4O. The van der Waals surface area contributed by atoms with Crippen molar-refractivity contribution in [2.45, 2.75) is 26.7 Å². The second-order valence-electron chi connectivity index (χ2n) is 4.83. The quantitative estimate of drug-likeness (QED) is 0.765. The van der Waals surface area contributed by atoms with Crippen LogP contribution in [0.2, 0.25) is 0 Å². The van der Waals surface area contributed by atoms with E-state index in [0.29, 0.717) is 11.2 Å². The standard InChI is InChI=1S/C13H16N4O/c1-9-7-10(2)17-12(15-9)11(8-14-17)13(18)16-5-3-4-6-16/h7-8H,3-6H2,1-2H3. The van der Waals surface area contributed by atoms with Crippen LogP contribution in [0.3, 0.4) is 0 Å². The Hall–Kier alpha value is -1.91. The van der Waals surface area contributed by atoms with E-state index in [2.05, 4.69) is 10.1 Å². The molecule has 0 unspecified atom stereocenters. The van der Waals surface area contributed by atoms with E-state index >= 15 is 0 Å². The van der Waals surface area contributed by atoms with Crippen LogP contribution in [0.25, 0.3) is 5.65 Å².